The number of benzene rings is 1. The lowest BCUT2D eigenvalue weighted by Crippen LogP contribution is -2.57. The number of aromatic amines is 1. The van der Waals surface area contributed by atoms with E-state index in [0.29, 0.717) is 11.7 Å². The molecule has 3 rings (SSSR count). The molecule has 0 unspecified atom stereocenters. The maximum atomic E-state index is 12.9. The van der Waals surface area contributed by atoms with E-state index in [1.54, 1.807) is 0 Å². The number of aromatic nitrogens is 2. The minimum absolute atomic E-state index is 0.0301. The minimum Gasteiger partial charge on any atom is -0.332 e. The second-order valence-corrected chi connectivity index (χ2v) is 5.86. The molecule has 1 aliphatic heterocycles. The first-order valence-electron chi connectivity index (χ1n) is 7.60. The van der Waals surface area contributed by atoms with Gasteiger partial charge in [0.15, 0.2) is 5.69 Å². The second-order valence-electron chi connectivity index (χ2n) is 5.86. The molecule has 1 saturated heterocycles. The van der Waals surface area contributed by atoms with Crippen LogP contribution in [0.15, 0.2) is 24.3 Å². The molecule has 5 nitrogen and oxygen atoms in total. The van der Waals surface area contributed by atoms with Gasteiger partial charge in [-0.2, -0.15) is 5.10 Å². The fourth-order valence-electron chi connectivity index (χ4n) is 3.18. The quantitative estimate of drug-likeness (QED) is 0.920. The van der Waals surface area contributed by atoms with Gasteiger partial charge in [0.25, 0.3) is 5.91 Å². The number of nitrogens with one attached hydrogen (secondary N) is 1. The van der Waals surface area contributed by atoms with E-state index in [9.17, 15) is 4.79 Å². The molecule has 1 N–H and O–H groups in total. The number of para-hydroxylation sites is 1. The van der Waals surface area contributed by atoms with Crippen LogP contribution in [-0.2, 0) is 0 Å². The molecule has 1 aromatic carbocycles. The van der Waals surface area contributed by atoms with Gasteiger partial charge in [0, 0.05) is 30.6 Å². The summed E-state index contributed by atoms with van der Waals surface area (Å²) in [5.41, 5.74) is 1.45. The number of fused-ring (bicyclic) bond motifs is 1. The fourth-order valence-corrected chi connectivity index (χ4v) is 3.18. The van der Waals surface area contributed by atoms with Gasteiger partial charge in [-0.15, -0.1) is 0 Å². The molecule has 21 heavy (non-hydrogen) atoms. The predicted molar refractivity (Wildman–Crippen MR) is 83.3 cm³/mol. The van der Waals surface area contributed by atoms with Crippen LogP contribution in [0.25, 0.3) is 10.9 Å². The van der Waals surface area contributed by atoms with E-state index in [1.807, 2.05) is 29.2 Å². The first kappa shape index (κ1) is 14.1. The number of carbonyl (C=O) groups excluding carboxylic acids is 1. The van der Waals surface area contributed by atoms with Crippen LogP contribution >= 0.6 is 0 Å². The van der Waals surface area contributed by atoms with Crippen molar-refractivity contribution in [3.63, 3.8) is 0 Å². The Balaban J connectivity index is 1.88. The third kappa shape index (κ3) is 2.42. The van der Waals surface area contributed by atoms with Crippen LogP contribution in [0.5, 0.6) is 0 Å². The average molecular weight is 286 g/mol. The Hall–Kier alpha value is -1.88. The summed E-state index contributed by atoms with van der Waals surface area (Å²) in [5.74, 6) is 0.0301. The average Bonchev–Trinajstić information content (AvgIpc) is 2.92. The molecule has 2 aromatic rings. The minimum atomic E-state index is 0.0301. The van der Waals surface area contributed by atoms with E-state index in [-0.39, 0.29) is 11.9 Å². The number of hydrogen-bond donors (Lipinski definition) is 1. The number of rotatable bonds is 2. The normalized spacial score (nSPS) is 23.7. The molecular weight excluding hydrogens is 264 g/mol. The monoisotopic (exact) mass is 286 g/mol. The number of H-pyrrole nitrogens is 1. The van der Waals surface area contributed by atoms with Crippen LogP contribution in [0.3, 0.4) is 0 Å². The smallest absolute Gasteiger partial charge is 0.275 e. The zero-order chi connectivity index (χ0) is 15.0. The Morgan fingerprint density at radius 3 is 2.81 bits per heavy atom. The summed E-state index contributed by atoms with van der Waals surface area (Å²) in [7, 11) is 0. The van der Waals surface area contributed by atoms with Crippen LogP contribution < -0.4 is 0 Å². The van der Waals surface area contributed by atoms with Gasteiger partial charge in [-0.05, 0) is 26.5 Å². The van der Waals surface area contributed by atoms with Gasteiger partial charge in [-0.25, -0.2) is 0 Å². The van der Waals surface area contributed by atoms with Gasteiger partial charge in [0.05, 0.1) is 5.52 Å². The second kappa shape index (κ2) is 5.48. The van der Waals surface area contributed by atoms with Gasteiger partial charge in [0.2, 0.25) is 0 Å². The molecule has 0 bridgehead atoms. The SMILES string of the molecule is CCN1C[C@H](C)N(C(=O)c2n[nH]c3ccccc23)C[C@H]1C. The van der Waals surface area contributed by atoms with Gasteiger partial charge in [0.1, 0.15) is 0 Å². The highest BCUT2D eigenvalue weighted by Gasteiger charge is 2.33. The third-order valence-electron chi connectivity index (χ3n) is 4.46. The van der Waals surface area contributed by atoms with Crippen molar-refractivity contribution in [1.82, 2.24) is 20.0 Å². The Kier molecular flexibility index (Phi) is 3.68. The Labute approximate surface area is 124 Å². The first-order valence-corrected chi connectivity index (χ1v) is 7.60. The van der Waals surface area contributed by atoms with Crippen molar-refractivity contribution in [1.29, 1.82) is 0 Å². The van der Waals surface area contributed by atoms with Crippen molar-refractivity contribution >= 4 is 16.8 Å². The maximum absolute atomic E-state index is 12.9. The fraction of sp³-hybridized carbons (Fsp3) is 0.500. The zero-order valence-corrected chi connectivity index (χ0v) is 12.8. The first-order chi connectivity index (χ1) is 10.1. The van der Waals surface area contributed by atoms with Crippen molar-refractivity contribution in [2.75, 3.05) is 19.6 Å². The topological polar surface area (TPSA) is 52.2 Å². The van der Waals surface area contributed by atoms with Crippen LogP contribution in [0.1, 0.15) is 31.3 Å². The molecule has 0 spiro atoms. The lowest BCUT2D eigenvalue weighted by Gasteiger charge is -2.43. The largest absolute Gasteiger partial charge is 0.332 e. The van der Waals surface area contributed by atoms with Crippen molar-refractivity contribution in [2.45, 2.75) is 32.9 Å². The van der Waals surface area contributed by atoms with Crippen molar-refractivity contribution in [3.8, 4) is 0 Å². The molecule has 112 valence electrons. The van der Waals surface area contributed by atoms with Crippen LogP contribution in [0, 0.1) is 0 Å². The lowest BCUT2D eigenvalue weighted by molar-refractivity contribution is 0.0332. The van der Waals surface area contributed by atoms with E-state index in [1.165, 1.54) is 0 Å². The molecule has 1 aromatic heterocycles. The summed E-state index contributed by atoms with van der Waals surface area (Å²) in [5, 5.41) is 8.09. The van der Waals surface area contributed by atoms with E-state index < -0.39 is 0 Å². The highest BCUT2D eigenvalue weighted by molar-refractivity contribution is 6.04. The molecule has 2 heterocycles. The van der Waals surface area contributed by atoms with Gasteiger partial charge in [-0.1, -0.05) is 25.1 Å². The number of amides is 1. The number of nitrogens with zero attached hydrogens (tertiary/aromatic N) is 3. The summed E-state index contributed by atoms with van der Waals surface area (Å²) in [6.07, 6.45) is 0. The van der Waals surface area contributed by atoms with Crippen molar-refractivity contribution in [3.05, 3.63) is 30.0 Å². The van der Waals surface area contributed by atoms with Crippen molar-refractivity contribution < 1.29 is 4.79 Å². The third-order valence-corrected chi connectivity index (χ3v) is 4.46. The van der Waals surface area contributed by atoms with Gasteiger partial charge >= 0.3 is 0 Å². The van der Waals surface area contributed by atoms with Gasteiger partial charge in [-0.3, -0.25) is 14.8 Å². The number of carbonyl (C=O) groups is 1. The molecule has 1 amide bonds. The number of likely N-dealkylation sites (N-methyl/N-ethyl adjacent to an activating group) is 1. The molecule has 2 atom stereocenters. The standard InChI is InChI=1S/C16H22N4O/c1-4-19-9-12(3)20(10-11(19)2)16(21)15-13-7-5-6-8-14(13)17-18-15/h5-8,11-12H,4,9-10H2,1-3H3,(H,17,18)/t11-,12+/m1/s1. The van der Waals surface area contributed by atoms with Crippen LogP contribution in [0.4, 0.5) is 0 Å². The lowest BCUT2D eigenvalue weighted by atomic mass is 10.1. The summed E-state index contributed by atoms with van der Waals surface area (Å²) >= 11 is 0. The predicted octanol–water partition coefficient (Wildman–Crippen LogP) is 2.12. The molecule has 1 fully saturated rings. The van der Waals surface area contributed by atoms with Crippen LogP contribution in [0.2, 0.25) is 0 Å². The Morgan fingerprint density at radius 2 is 2.05 bits per heavy atom. The summed E-state index contributed by atoms with van der Waals surface area (Å²) in [4.78, 5) is 17.2. The zero-order valence-electron chi connectivity index (χ0n) is 12.8. The maximum Gasteiger partial charge on any atom is 0.275 e. The molecule has 1 aliphatic rings. The highest BCUT2D eigenvalue weighted by atomic mass is 16.2. The number of piperazine rings is 1. The Bertz CT molecular complexity index is 651. The van der Waals surface area contributed by atoms with E-state index >= 15 is 0 Å². The number of hydrogen-bond acceptors (Lipinski definition) is 3. The summed E-state index contributed by atoms with van der Waals surface area (Å²) in [6, 6.07) is 8.38. The van der Waals surface area contributed by atoms with E-state index in [2.05, 4.69) is 35.9 Å². The molecule has 0 saturated carbocycles. The van der Waals surface area contributed by atoms with E-state index in [4.69, 9.17) is 0 Å². The molecular formula is C16H22N4O. The molecule has 5 heteroatoms. The molecule has 0 radical (unpaired) electrons. The summed E-state index contributed by atoms with van der Waals surface area (Å²) < 4.78 is 0. The van der Waals surface area contributed by atoms with Gasteiger partial charge < -0.3 is 4.90 Å². The highest BCUT2D eigenvalue weighted by Crippen LogP contribution is 2.21. The van der Waals surface area contributed by atoms with Crippen molar-refractivity contribution in [2.24, 2.45) is 0 Å². The van der Waals surface area contributed by atoms with Crippen LogP contribution in [-0.4, -0.2) is 57.6 Å². The Morgan fingerprint density at radius 1 is 1.29 bits per heavy atom. The molecule has 0 aliphatic carbocycles. The summed E-state index contributed by atoms with van der Waals surface area (Å²) in [6.45, 7) is 9.17. The van der Waals surface area contributed by atoms with E-state index in [0.717, 1.165) is 30.5 Å².